The molecule has 2 aliphatic heterocycles. The van der Waals surface area contributed by atoms with Crippen LogP contribution in [0, 0.1) is 0 Å². The highest BCUT2D eigenvalue weighted by atomic mass is 16.5. The number of rotatable bonds is 6. The lowest BCUT2D eigenvalue weighted by Crippen LogP contribution is -2.55. The van der Waals surface area contributed by atoms with E-state index < -0.39 is 0 Å². The highest BCUT2D eigenvalue weighted by Crippen LogP contribution is 2.31. The average molecular weight is 396 g/mol. The number of anilines is 1. The number of hydrogen-bond donors (Lipinski definition) is 3. The minimum atomic E-state index is 0.0623. The number of amides is 1. The number of pyridine rings is 1. The summed E-state index contributed by atoms with van der Waals surface area (Å²) in [5, 5.41) is 0. The van der Waals surface area contributed by atoms with Gasteiger partial charge in [-0.2, -0.15) is 0 Å². The van der Waals surface area contributed by atoms with Gasteiger partial charge in [0.1, 0.15) is 12.4 Å². The monoisotopic (exact) mass is 395 g/mol. The molecule has 0 bridgehead atoms. The van der Waals surface area contributed by atoms with Gasteiger partial charge in [0.2, 0.25) is 5.91 Å². The van der Waals surface area contributed by atoms with Crippen LogP contribution in [-0.4, -0.2) is 47.6 Å². The molecule has 0 saturated carbocycles. The van der Waals surface area contributed by atoms with Crippen LogP contribution in [0.3, 0.4) is 0 Å². The summed E-state index contributed by atoms with van der Waals surface area (Å²) in [6.07, 6.45) is 4.90. The summed E-state index contributed by atoms with van der Waals surface area (Å²) in [6.45, 7) is 2.14. The van der Waals surface area contributed by atoms with Crippen molar-refractivity contribution < 1.29 is 9.53 Å². The van der Waals surface area contributed by atoms with E-state index >= 15 is 0 Å². The second-order valence-electron chi connectivity index (χ2n) is 7.80. The highest BCUT2D eigenvalue weighted by molar-refractivity contribution is 5.78. The molecule has 0 spiro atoms. The number of benzene rings is 1. The number of likely N-dealkylation sites (tertiary alicyclic amines) is 1. The maximum Gasteiger partial charge on any atom is 0.248 e. The maximum absolute atomic E-state index is 13.0. The van der Waals surface area contributed by atoms with Gasteiger partial charge in [0, 0.05) is 37.3 Å². The molecular weight excluding hydrogens is 366 g/mol. The van der Waals surface area contributed by atoms with Crippen molar-refractivity contribution in [3.63, 3.8) is 0 Å². The number of nitrogens with one attached hydrogen (secondary N) is 2. The number of hydrazine groups is 1. The molecule has 3 atom stereocenters. The summed E-state index contributed by atoms with van der Waals surface area (Å²) < 4.78 is 5.72. The zero-order valence-corrected chi connectivity index (χ0v) is 16.6. The van der Waals surface area contributed by atoms with Crippen LogP contribution in [0.4, 0.5) is 5.82 Å². The minimum Gasteiger partial charge on any atom is -0.384 e. The fraction of sp³-hybridized carbons (Fsp3) is 0.455. The van der Waals surface area contributed by atoms with E-state index in [1.807, 2.05) is 47.4 Å². The normalized spacial score (nSPS) is 24.6. The lowest BCUT2D eigenvalue weighted by atomic mass is 9.84. The SMILES string of the molecule is Nc1cc(C2CNNC2C2CCCCN2C(=O)COCc2ccccc2)ccn1. The Morgan fingerprint density at radius 2 is 2.10 bits per heavy atom. The lowest BCUT2D eigenvalue weighted by Gasteiger charge is -2.40. The molecule has 3 unspecified atom stereocenters. The smallest absolute Gasteiger partial charge is 0.248 e. The van der Waals surface area contributed by atoms with Crippen LogP contribution in [0.2, 0.25) is 0 Å². The molecule has 154 valence electrons. The van der Waals surface area contributed by atoms with E-state index in [0.717, 1.165) is 43.5 Å². The van der Waals surface area contributed by atoms with Gasteiger partial charge in [-0.25, -0.2) is 4.98 Å². The van der Waals surface area contributed by atoms with Crippen molar-refractivity contribution in [2.45, 2.75) is 43.9 Å². The van der Waals surface area contributed by atoms with Crippen molar-refractivity contribution in [1.29, 1.82) is 0 Å². The summed E-state index contributed by atoms with van der Waals surface area (Å²) in [5.41, 5.74) is 14.8. The topological polar surface area (TPSA) is 92.5 Å². The first-order valence-corrected chi connectivity index (χ1v) is 10.3. The summed E-state index contributed by atoms with van der Waals surface area (Å²) in [7, 11) is 0. The second kappa shape index (κ2) is 9.35. The van der Waals surface area contributed by atoms with Gasteiger partial charge in [0.15, 0.2) is 0 Å². The first-order chi connectivity index (χ1) is 14.2. The molecule has 7 heteroatoms. The Balaban J connectivity index is 1.41. The lowest BCUT2D eigenvalue weighted by molar-refractivity contribution is -0.141. The molecule has 1 aromatic heterocycles. The molecule has 7 nitrogen and oxygen atoms in total. The van der Waals surface area contributed by atoms with Crippen LogP contribution >= 0.6 is 0 Å². The highest BCUT2D eigenvalue weighted by Gasteiger charge is 2.40. The summed E-state index contributed by atoms with van der Waals surface area (Å²) in [5.74, 6) is 0.829. The van der Waals surface area contributed by atoms with Gasteiger partial charge < -0.3 is 15.4 Å². The van der Waals surface area contributed by atoms with Gasteiger partial charge in [0.25, 0.3) is 0 Å². The zero-order chi connectivity index (χ0) is 20.1. The first kappa shape index (κ1) is 19.8. The number of aromatic nitrogens is 1. The molecule has 0 aliphatic carbocycles. The van der Waals surface area contributed by atoms with E-state index in [1.54, 1.807) is 6.20 Å². The number of nitrogens with zero attached hydrogens (tertiary/aromatic N) is 2. The molecule has 2 saturated heterocycles. The van der Waals surface area contributed by atoms with Gasteiger partial charge >= 0.3 is 0 Å². The van der Waals surface area contributed by atoms with E-state index in [4.69, 9.17) is 10.5 Å². The maximum atomic E-state index is 13.0. The Morgan fingerprint density at radius 1 is 1.24 bits per heavy atom. The zero-order valence-electron chi connectivity index (χ0n) is 16.6. The summed E-state index contributed by atoms with van der Waals surface area (Å²) in [4.78, 5) is 19.1. The molecule has 3 heterocycles. The number of carbonyl (C=O) groups excluding carboxylic acids is 1. The van der Waals surface area contributed by atoms with Crippen LogP contribution < -0.4 is 16.6 Å². The molecular formula is C22H29N5O2. The Bertz CT molecular complexity index is 816. The Hall–Kier alpha value is -2.48. The van der Waals surface area contributed by atoms with Gasteiger partial charge in [-0.1, -0.05) is 30.3 Å². The van der Waals surface area contributed by atoms with E-state index in [0.29, 0.717) is 12.4 Å². The van der Waals surface area contributed by atoms with Gasteiger partial charge in [-0.15, -0.1) is 0 Å². The molecule has 2 aromatic rings. The molecule has 1 aromatic carbocycles. The Labute approximate surface area is 171 Å². The first-order valence-electron chi connectivity index (χ1n) is 10.3. The fourth-order valence-corrected chi connectivity index (χ4v) is 4.45. The molecule has 29 heavy (non-hydrogen) atoms. The van der Waals surface area contributed by atoms with Crippen molar-refractivity contribution in [1.82, 2.24) is 20.7 Å². The van der Waals surface area contributed by atoms with Crippen LogP contribution in [0.15, 0.2) is 48.7 Å². The predicted molar refractivity (Wildman–Crippen MR) is 112 cm³/mol. The quantitative estimate of drug-likeness (QED) is 0.691. The van der Waals surface area contributed by atoms with Gasteiger partial charge in [-0.05, 0) is 42.5 Å². The van der Waals surface area contributed by atoms with E-state index in [2.05, 4.69) is 15.8 Å². The van der Waals surface area contributed by atoms with E-state index in [1.165, 1.54) is 0 Å². The third-order valence-electron chi connectivity index (χ3n) is 5.88. The van der Waals surface area contributed by atoms with Crippen LogP contribution in [0.1, 0.15) is 36.3 Å². The van der Waals surface area contributed by atoms with Crippen molar-refractivity contribution in [2.24, 2.45) is 0 Å². The van der Waals surface area contributed by atoms with E-state index in [-0.39, 0.29) is 30.5 Å². The standard InChI is InChI=1S/C22H29N5O2/c23-20-12-17(9-10-24-20)18-13-25-26-22(18)19-8-4-5-11-27(19)21(28)15-29-14-16-6-2-1-3-7-16/h1-3,6-7,9-10,12,18-19,22,25-26H,4-5,8,11,13-15H2,(H2,23,24). The van der Waals surface area contributed by atoms with Gasteiger partial charge in [0.05, 0.1) is 6.61 Å². The number of hydrogen-bond acceptors (Lipinski definition) is 6. The van der Waals surface area contributed by atoms with E-state index in [9.17, 15) is 4.79 Å². The summed E-state index contributed by atoms with van der Waals surface area (Å²) in [6, 6.07) is 14.2. The van der Waals surface area contributed by atoms with Crippen molar-refractivity contribution in [3.8, 4) is 0 Å². The third-order valence-corrected chi connectivity index (χ3v) is 5.88. The number of carbonyl (C=O) groups is 1. The molecule has 2 fully saturated rings. The fourth-order valence-electron chi connectivity index (χ4n) is 4.45. The van der Waals surface area contributed by atoms with Crippen molar-refractivity contribution >= 4 is 11.7 Å². The molecule has 0 radical (unpaired) electrons. The molecule has 4 rings (SSSR count). The molecule has 2 aliphatic rings. The molecule has 1 amide bonds. The second-order valence-corrected chi connectivity index (χ2v) is 7.80. The number of ether oxygens (including phenoxy) is 1. The molecule has 4 N–H and O–H groups in total. The van der Waals surface area contributed by atoms with Gasteiger partial charge in [-0.3, -0.25) is 15.6 Å². The average Bonchev–Trinajstić information content (AvgIpc) is 3.24. The number of piperidine rings is 1. The van der Waals surface area contributed by atoms with Crippen LogP contribution in [0.5, 0.6) is 0 Å². The van der Waals surface area contributed by atoms with Crippen molar-refractivity contribution in [3.05, 3.63) is 59.8 Å². The Morgan fingerprint density at radius 3 is 2.93 bits per heavy atom. The van der Waals surface area contributed by atoms with Crippen molar-refractivity contribution in [2.75, 3.05) is 25.4 Å². The largest absolute Gasteiger partial charge is 0.384 e. The number of nitrogens with two attached hydrogens (primary N) is 1. The summed E-state index contributed by atoms with van der Waals surface area (Å²) >= 11 is 0. The van der Waals surface area contributed by atoms with Crippen LogP contribution in [-0.2, 0) is 16.1 Å². The number of nitrogen functional groups attached to an aromatic ring is 1. The van der Waals surface area contributed by atoms with Crippen LogP contribution in [0.25, 0.3) is 0 Å². The predicted octanol–water partition coefficient (Wildman–Crippen LogP) is 1.82. The minimum absolute atomic E-state index is 0.0623. The third kappa shape index (κ3) is 4.75. The Kier molecular flexibility index (Phi) is 6.39.